The summed E-state index contributed by atoms with van der Waals surface area (Å²) >= 11 is 0. The van der Waals surface area contributed by atoms with Crippen molar-refractivity contribution >= 4 is 15.8 Å². The predicted octanol–water partition coefficient (Wildman–Crippen LogP) is 0.987. The van der Waals surface area contributed by atoms with Gasteiger partial charge in [0.25, 0.3) is 0 Å². The van der Waals surface area contributed by atoms with Crippen LogP contribution in [-0.2, 0) is 9.84 Å². The van der Waals surface area contributed by atoms with Crippen LogP contribution in [0.4, 0.5) is 5.95 Å². The molecule has 1 aliphatic rings. The van der Waals surface area contributed by atoms with Gasteiger partial charge in [-0.2, -0.15) is 5.10 Å². The summed E-state index contributed by atoms with van der Waals surface area (Å²) in [5, 5.41) is 6.77. The number of piperidine rings is 1. The SMILES string of the molecule is CS(=O)(=O)c1cn[nH]c1[C@@H]1CCCN(c2ncccn2)C1. The van der Waals surface area contributed by atoms with Crippen LogP contribution < -0.4 is 4.90 Å². The second-order valence-corrected chi connectivity index (χ2v) is 7.24. The fraction of sp³-hybridized carbons (Fsp3) is 0.462. The fourth-order valence-corrected chi connectivity index (χ4v) is 3.58. The number of rotatable bonds is 3. The topological polar surface area (TPSA) is 91.8 Å². The van der Waals surface area contributed by atoms with Crippen molar-refractivity contribution in [1.82, 2.24) is 20.2 Å². The molecule has 2 aromatic rings. The summed E-state index contributed by atoms with van der Waals surface area (Å²) in [4.78, 5) is 10.9. The van der Waals surface area contributed by atoms with Crippen molar-refractivity contribution < 1.29 is 8.42 Å². The molecule has 3 heterocycles. The smallest absolute Gasteiger partial charge is 0.225 e. The maximum absolute atomic E-state index is 11.8. The Labute approximate surface area is 123 Å². The molecule has 1 aliphatic heterocycles. The lowest BCUT2D eigenvalue weighted by Gasteiger charge is -2.32. The predicted molar refractivity (Wildman–Crippen MR) is 77.9 cm³/mol. The van der Waals surface area contributed by atoms with Crippen molar-refractivity contribution in [1.29, 1.82) is 0 Å². The Morgan fingerprint density at radius 1 is 1.33 bits per heavy atom. The summed E-state index contributed by atoms with van der Waals surface area (Å²) in [6.45, 7) is 1.57. The molecule has 7 nitrogen and oxygen atoms in total. The largest absolute Gasteiger partial charge is 0.340 e. The number of sulfone groups is 1. The van der Waals surface area contributed by atoms with Crippen LogP contribution in [0.25, 0.3) is 0 Å². The molecule has 1 N–H and O–H groups in total. The summed E-state index contributed by atoms with van der Waals surface area (Å²) in [6.07, 6.45) is 7.91. The van der Waals surface area contributed by atoms with E-state index in [1.165, 1.54) is 12.5 Å². The quantitative estimate of drug-likeness (QED) is 0.909. The van der Waals surface area contributed by atoms with Gasteiger partial charge in [-0.05, 0) is 18.9 Å². The molecule has 21 heavy (non-hydrogen) atoms. The van der Waals surface area contributed by atoms with E-state index >= 15 is 0 Å². The number of nitrogens with one attached hydrogen (secondary N) is 1. The van der Waals surface area contributed by atoms with Crippen LogP contribution in [0.5, 0.6) is 0 Å². The molecular formula is C13H17N5O2S. The molecule has 3 rings (SSSR count). The van der Waals surface area contributed by atoms with Crippen LogP contribution in [0.2, 0.25) is 0 Å². The molecule has 0 spiro atoms. The first-order valence-corrected chi connectivity index (χ1v) is 8.70. The fourth-order valence-electron chi connectivity index (χ4n) is 2.72. The van der Waals surface area contributed by atoms with E-state index in [1.807, 2.05) is 0 Å². The molecule has 8 heteroatoms. The van der Waals surface area contributed by atoms with Gasteiger partial charge >= 0.3 is 0 Å². The second-order valence-electron chi connectivity index (χ2n) is 5.25. The normalized spacial score (nSPS) is 19.7. The Morgan fingerprint density at radius 3 is 2.81 bits per heavy atom. The second kappa shape index (κ2) is 5.44. The van der Waals surface area contributed by atoms with E-state index in [1.54, 1.807) is 18.5 Å². The van der Waals surface area contributed by atoms with Gasteiger partial charge in [-0.25, -0.2) is 18.4 Å². The summed E-state index contributed by atoms with van der Waals surface area (Å²) in [5.41, 5.74) is 0.693. The molecule has 0 radical (unpaired) electrons. The van der Waals surface area contributed by atoms with Gasteiger partial charge in [0.05, 0.1) is 11.9 Å². The lowest BCUT2D eigenvalue weighted by molar-refractivity contribution is 0.488. The minimum absolute atomic E-state index is 0.0924. The van der Waals surface area contributed by atoms with Crippen molar-refractivity contribution in [2.45, 2.75) is 23.7 Å². The summed E-state index contributed by atoms with van der Waals surface area (Å²) in [6, 6.07) is 1.78. The summed E-state index contributed by atoms with van der Waals surface area (Å²) < 4.78 is 23.6. The Balaban J connectivity index is 1.86. The standard InChI is InChI=1S/C13H17N5O2S/c1-21(19,20)11-8-16-17-12(11)10-4-2-7-18(9-10)13-14-5-3-6-15-13/h3,5-6,8,10H,2,4,7,9H2,1H3,(H,16,17)/t10-/m1/s1. The molecule has 0 bridgehead atoms. The number of H-pyrrole nitrogens is 1. The van der Waals surface area contributed by atoms with Crippen LogP contribution in [0.15, 0.2) is 29.6 Å². The summed E-state index contributed by atoms with van der Waals surface area (Å²) in [5.74, 6) is 0.775. The lowest BCUT2D eigenvalue weighted by Crippen LogP contribution is -2.36. The van der Waals surface area contributed by atoms with Crippen LogP contribution in [0, 0.1) is 0 Å². The Bertz CT molecular complexity index is 713. The van der Waals surface area contributed by atoms with Gasteiger partial charge in [0.2, 0.25) is 5.95 Å². The van der Waals surface area contributed by atoms with Crippen molar-refractivity contribution in [2.24, 2.45) is 0 Å². The van der Waals surface area contributed by atoms with Crippen molar-refractivity contribution in [3.63, 3.8) is 0 Å². The first kappa shape index (κ1) is 14.0. The third-order valence-corrected chi connectivity index (χ3v) is 4.82. The molecular weight excluding hydrogens is 290 g/mol. The van der Waals surface area contributed by atoms with Crippen molar-refractivity contribution in [3.8, 4) is 0 Å². The van der Waals surface area contributed by atoms with Gasteiger partial charge in [0.15, 0.2) is 9.84 Å². The first-order chi connectivity index (χ1) is 10.1. The van der Waals surface area contributed by atoms with Gasteiger partial charge in [0.1, 0.15) is 4.90 Å². The highest BCUT2D eigenvalue weighted by molar-refractivity contribution is 7.90. The van der Waals surface area contributed by atoms with Crippen LogP contribution in [0.3, 0.4) is 0 Å². The molecule has 112 valence electrons. The van der Waals surface area contributed by atoms with Gasteiger partial charge in [0, 0.05) is 37.7 Å². The van der Waals surface area contributed by atoms with E-state index in [9.17, 15) is 8.42 Å². The number of anilines is 1. The first-order valence-electron chi connectivity index (χ1n) is 6.81. The number of aromatic nitrogens is 4. The minimum Gasteiger partial charge on any atom is -0.340 e. The average molecular weight is 307 g/mol. The zero-order chi connectivity index (χ0) is 14.9. The van der Waals surface area contributed by atoms with Crippen molar-refractivity contribution in [3.05, 3.63) is 30.4 Å². The highest BCUT2D eigenvalue weighted by atomic mass is 32.2. The van der Waals surface area contributed by atoms with Crippen LogP contribution >= 0.6 is 0 Å². The maximum atomic E-state index is 11.8. The van der Waals surface area contributed by atoms with Gasteiger partial charge in [-0.1, -0.05) is 0 Å². The molecule has 1 atom stereocenters. The minimum atomic E-state index is -3.27. The van der Waals surface area contributed by atoms with E-state index in [0.29, 0.717) is 23.1 Å². The van der Waals surface area contributed by atoms with Gasteiger partial charge in [-0.15, -0.1) is 0 Å². The number of nitrogens with zero attached hydrogens (tertiary/aromatic N) is 4. The molecule has 0 saturated carbocycles. The van der Waals surface area contributed by atoms with E-state index in [-0.39, 0.29) is 5.92 Å². The Kier molecular flexibility index (Phi) is 3.62. The molecule has 0 aliphatic carbocycles. The Hall–Kier alpha value is -1.96. The Morgan fingerprint density at radius 2 is 2.10 bits per heavy atom. The molecule has 1 fully saturated rings. The molecule has 1 saturated heterocycles. The van der Waals surface area contributed by atoms with Crippen LogP contribution in [0.1, 0.15) is 24.5 Å². The molecule has 0 unspecified atom stereocenters. The van der Waals surface area contributed by atoms with E-state index < -0.39 is 9.84 Å². The molecule has 2 aromatic heterocycles. The third kappa shape index (κ3) is 2.90. The average Bonchev–Trinajstić information content (AvgIpc) is 2.98. The van der Waals surface area contributed by atoms with Crippen molar-refractivity contribution in [2.75, 3.05) is 24.2 Å². The molecule has 0 aromatic carbocycles. The lowest BCUT2D eigenvalue weighted by atomic mass is 9.95. The third-order valence-electron chi connectivity index (χ3n) is 3.70. The van der Waals surface area contributed by atoms with Gasteiger partial charge < -0.3 is 4.90 Å². The molecule has 0 amide bonds. The van der Waals surface area contributed by atoms with E-state index in [0.717, 1.165) is 19.4 Å². The number of hydrogen-bond donors (Lipinski definition) is 1. The van der Waals surface area contributed by atoms with Gasteiger partial charge in [-0.3, -0.25) is 5.10 Å². The number of hydrogen-bond acceptors (Lipinski definition) is 6. The zero-order valence-electron chi connectivity index (χ0n) is 11.7. The highest BCUT2D eigenvalue weighted by Gasteiger charge is 2.28. The van der Waals surface area contributed by atoms with E-state index in [4.69, 9.17) is 0 Å². The summed E-state index contributed by atoms with van der Waals surface area (Å²) in [7, 11) is -3.27. The monoisotopic (exact) mass is 307 g/mol. The van der Waals surface area contributed by atoms with Crippen LogP contribution in [-0.4, -0.2) is 47.9 Å². The number of aromatic amines is 1. The highest BCUT2D eigenvalue weighted by Crippen LogP contribution is 2.30. The maximum Gasteiger partial charge on any atom is 0.225 e. The van der Waals surface area contributed by atoms with E-state index in [2.05, 4.69) is 25.1 Å². The zero-order valence-corrected chi connectivity index (χ0v) is 12.5.